The van der Waals surface area contributed by atoms with E-state index in [4.69, 9.17) is 4.74 Å². The fourth-order valence-corrected chi connectivity index (χ4v) is 3.34. The third-order valence-corrected chi connectivity index (χ3v) is 4.27. The number of nitrogens with zero attached hydrogens (tertiary/aromatic N) is 1. The molecule has 0 unspecified atom stereocenters. The first-order chi connectivity index (χ1) is 11.7. The summed E-state index contributed by atoms with van der Waals surface area (Å²) >= 11 is 0. The lowest BCUT2D eigenvalue weighted by atomic mass is 9.81. The highest BCUT2D eigenvalue weighted by atomic mass is 16.6. The summed E-state index contributed by atoms with van der Waals surface area (Å²) in [5.74, 6) is -1.64. The van der Waals surface area contributed by atoms with Crippen LogP contribution in [0.2, 0.25) is 0 Å². The van der Waals surface area contributed by atoms with E-state index < -0.39 is 29.1 Å². The Morgan fingerprint density at radius 3 is 2.72 bits per heavy atom. The highest BCUT2D eigenvalue weighted by Gasteiger charge is 2.54. The number of amides is 1. The molecule has 1 aromatic rings. The third-order valence-electron chi connectivity index (χ3n) is 4.27. The van der Waals surface area contributed by atoms with Crippen molar-refractivity contribution in [3.05, 3.63) is 47.5 Å². The van der Waals surface area contributed by atoms with Gasteiger partial charge in [-0.3, -0.25) is 0 Å². The lowest BCUT2D eigenvalue weighted by Crippen LogP contribution is -2.55. The van der Waals surface area contributed by atoms with Crippen molar-refractivity contribution in [2.45, 2.75) is 44.8 Å². The molecule has 0 spiro atoms. The van der Waals surface area contributed by atoms with E-state index >= 15 is 0 Å². The first-order valence-corrected chi connectivity index (χ1v) is 8.03. The number of nitrogens with one attached hydrogen (secondary N) is 1. The van der Waals surface area contributed by atoms with Gasteiger partial charge in [0.05, 0.1) is 11.6 Å². The lowest BCUT2D eigenvalue weighted by Gasteiger charge is -2.33. The van der Waals surface area contributed by atoms with Gasteiger partial charge in [-0.05, 0) is 50.8 Å². The van der Waals surface area contributed by atoms with E-state index in [1.165, 1.54) is 0 Å². The van der Waals surface area contributed by atoms with Crippen LogP contribution >= 0.6 is 0 Å². The molecule has 0 aliphatic heterocycles. The van der Waals surface area contributed by atoms with Gasteiger partial charge in [0.1, 0.15) is 5.60 Å². The number of ether oxygens (including phenoxy) is 1. The van der Waals surface area contributed by atoms with Gasteiger partial charge in [0.25, 0.3) is 0 Å². The third kappa shape index (κ3) is 3.36. The van der Waals surface area contributed by atoms with Crippen LogP contribution in [-0.4, -0.2) is 22.8 Å². The molecule has 2 rings (SSSR count). The highest BCUT2D eigenvalue weighted by Crippen LogP contribution is 2.45. The standard InChI is InChI=1S/C19H22N2O4/c1-5-7-13-10-14-12(11-20)8-6-9-15(14)19(13,16(22)23)21-17(24)25-18(2,3)4/h5-6,8-9,13H,1,7,10H2,2-4H3,(H,21,24)(H,22,23)/t13-,19+/m0/s1. The molecule has 2 atom stereocenters. The maximum Gasteiger partial charge on any atom is 0.408 e. The normalized spacial score (nSPS) is 21.8. The van der Waals surface area contributed by atoms with E-state index in [-0.39, 0.29) is 0 Å². The van der Waals surface area contributed by atoms with Crippen molar-refractivity contribution in [1.29, 1.82) is 5.26 Å². The topological polar surface area (TPSA) is 99.4 Å². The second kappa shape index (κ2) is 6.60. The molecule has 2 N–H and O–H groups in total. The van der Waals surface area contributed by atoms with Crippen LogP contribution in [0.15, 0.2) is 30.9 Å². The van der Waals surface area contributed by atoms with E-state index in [2.05, 4.69) is 18.0 Å². The molecule has 132 valence electrons. The second-order valence-electron chi connectivity index (χ2n) is 7.11. The number of rotatable bonds is 4. The van der Waals surface area contributed by atoms with Crippen molar-refractivity contribution < 1.29 is 19.4 Å². The predicted molar refractivity (Wildman–Crippen MR) is 91.8 cm³/mol. The molecule has 0 saturated heterocycles. The minimum absolute atomic E-state index is 0.368. The Morgan fingerprint density at radius 1 is 1.52 bits per heavy atom. The van der Waals surface area contributed by atoms with Crippen molar-refractivity contribution in [2.75, 3.05) is 0 Å². The van der Waals surface area contributed by atoms with Gasteiger partial charge in [-0.1, -0.05) is 18.2 Å². The molecule has 1 aromatic carbocycles. The van der Waals surface area contributed by atoms with Gasteiger partial charge in [-0.15, -0.1) is 6.58 Å². The van der Waals surface area contributed by atoms with Gasteiger partial charge >= 0.3 is 12.1 Å². The average molecular weight is 342 g/mol. The van der Waals surface area contributed by atoms with Gasteiger partial charge in [0.15, 0.2) is 5.54 Å². The molecule has 1 aliphatic rings. The summed E-state index contributed by atoms with van der Waals surface area (Å²) in [4.78, 5) is 24.6. The van der Waals surface area contributed by atoms with Crippen LogP contribution in [0.4, 0.5) is 4.79 Å². The Bertz CT molecular complexity index is 758. The van der Waals surface area contributed by atoms with E-state index in [0.29, 0.717) is 29.5 Å². The van der Waals surface area contributed by atoms with Crippen molar-refractivity contribution in [3.63, 3.8) is 0 Å². The Morgan fingerprint density at radius 2 is 2.20 bits per heavy atom. The molecule has 1 aliphatic carbocycles. The number of carboxylic acid groups (broad SMARTS) is 1. The van der Waals surface area contributed by atoms with Crippen LogP contribution in [0.1, 0.15) is 43.9 Å². The Hall–Kier alpha value is -2.81. The van der Waals surface area contributed by atoms with Crippen molar-refractivity contribution in [2.24, 2.45) is 5.92 Å². The van der Waals surface area contributed by atoms with Crippen LogP contribution < -0.4 is 5.32 Å². The maximum atomic E-state index is 12.4. The zero-order valence-electron chi connectivity index (χ0n) is 14.6. The lowest BCUT2D eigenvalue weighted by molar-refractivity contribution is -0.147. The minimum atomic E-state index is -1.65. The maximum absolute atomic E-state index is 12.4. The number of carbonyl (C=O) groups excluding carboxylic acids is 1. The molecule has 6 heteroatoms. The molecule has 0 radical (unpaired) electrons. The first kappa shape index (κ1) is 18.5. The smallest absolute Gasteiger partial charge is 0.408 e. The van der Waals surface area contributed by atoms with Crippen LogP contribution in [-0.2, 0) is 21.5 Å². The number of aliphatic carboxylic acids is 1. The Balaban J connectivity index is 2.57. The predicted octanol–water partition coefficient (Wildman–Crippen LogP) is 3.11. The molecular weight excluding hydrogens is 320 g/mol. The fraction of sp³-hybridized carbons (Fsp3) is 0.421. The number of carbonyl (C=O) groups is 2. The summed E-state index contributed by atoms with van der Waals surface area (Å²) in [6, 6.07) is 7.01. The van der Waals surface area contributed by atoms with Gasteiger partial charge in [0, 0.05) is 5.92 Å². The summed E-state index contributed by atoms with van der Waals surface area (Å²) in [5.41, 5.74) is -0.917. The SMILES string of the molecule is C=CC[C@H]1Cc2c(C#N)cccc2[C@@]1(NC(=O)OC(C)(C)C)C(=O)O. The highest BCUT2D eigenvalue weighted by molar-refractivity contribution is 5.88. The average Bonchev–Trinajstić information content (AvgIpc) is 2.80. The van der Waals surface area contributed by atoms with E-state index in [1.807, 2.05) is 0 Å². The number of hydrogen-bond acceptors (Lipinski definition) is 4. The van der Waals surface area contributed by atoms with Gasteiger partial charge in [0.2, 0.25) is 0 Å². The number of benzene rings is 1. The van der Waals surface area contributed by atoms with Crippen LogP contribution in [0, 0.1) is 17.2 Å². The number of nitriles is 1. The van der Waals surface area contributed by atoms with Crippen LogP contribution in [0.25, 0.3) is 0 Å². The summed E-state index contributed by atoms with van der Waals surface area (Å²) in [7, 11) is 0. The molecule has 0 heterocycles. The summed E-state index contributed by atoms with van der Waals surface area (Å²) in [6.45, 7) is 8.81. The van der Waals surface area contributed by atoms with Crippen LogP contribution in [0.3, 0.4) is 0 Å². The van der Waals surface area contributed by atoms with Gasteiger partial charge in [-0.2, -0.15) is 5.26 Å². The van der Waals surface area contributed by atoms with Crippen LogP contribution in [0.5, 0.6) is 0 Å². The summed E-state index contributed by atoms with van der Waals surface area (Å²) in [6.07, 6.45) is 1.56. The first-order valence-electron chi connectivity index (χ1n) is 8.03. The number of hydrogen-bond donors (Lipinski definition) is 2. The monoisotopic (exact) mass is 342 g/mol. The van der Waals surface area contributed by atoms with Crippen molar-refractivity contribution in [3.8, 4) is 6.07 Å². The summed E-state index contributed by atoms with van der Waals surface area (Å²) < 4.78 is 5.27. The van der Waals surface area contributed by atoms with Crippen molar-refractivity contribution >= 4 is 12.1 Å². The molecule has 0 saturated carbocycles. The number of fused-ring (bicyclic) bond motifs is 1. The largest absolute Gasteiger partial charge is 0.479 e. The van der Waals surface area contributed by atoms with E-state index in [9.17, 15) is 20.0 Å². The summed E-state index contributed by atoms with van der Waals surface area (Å²) in [5, 5.41) is 21.9. The quantitative estimate of drug-likeness (QED) is 0.819. The Kier molecular flexibility index (Phi) is 4.89. The number of allylic oxidation sites excluding steroid dienone is 1. The van der Waals surface area contributed by atoms with E-state index in [1.54, 1.807) is 45.0 Å². The second-order valence-corrected chi connectivity index (χ2v) is 7.11. The zero-order valence-corrected chi connectivity index (χ0v) is 14.6. The van der Waals surface area contributed by atoms with Crippen molar-refractivity contribution in [1.82, 2.24) is 5.32 Å². The molecule has 0 aromatic heterocycles. The molecule has 1 amide bonds. The molecule has 0 fully saturated rings. The Labute approximate surface area is 147 Å². The number of carboxylic acids is 1. The fourth-order valence-electron chi connectivity index (χ4n) is 3.34. The van der Waals surface area contributed by atoms with Gasteiger partial charge in [-0.25, -0.2) is 9.59 Å². The molecule has 0 bridgehead atoms. The van der Waals surface area contributed by atoms with Gasteiger partial charge < -0.3 is 15.2 Å². The molecule has 25 heavy (non-hydrogen) atoms. The van der Waals surface area contributed by atoms with E-state index in [0.717, 1.165) is 0 Å². The molecular formula is C19H22N2O4. The number of alkyl carbamates (subject to hydrolysis) is 1. The minimum Gasteiger partial charge on any atom is -0.479 e. The zero-order chi connectivity index (χ0) is 18.8. The molecule has 6 nitrogen and oxygen atoms in total.